The zero-order valence-electron chi connectivity index (χ0n) is 10.1. The number of hydrogen-bond acceptors (Lipinski definition) is 5. The molecule has 0 saturated carbocycles. The van der Waals surface area contributed by atoms with Crippen LogP contribution in [0.25, 0.3) is 0 Å². The Morgan fingerprint density at radius 3 is 2.71 bits per heavy atom. The second kappa shape index (κ2) is 5.46. The van der Waals surface area contributed by atoms with Gasteiger partial charge in [-0.2, -0.15) is 0 Å². The van der Waals surface area contributed by atoms with E-state index >= 15 is 0 Å². The third kappa shape index (κ3) is 2.76. The predicted octanol–water partition coefficient (Wildman–Crippen LogP) is 0.827. The van der Waals surface area contributed by atoms with Crippen molar-refractivity contribution in [1.29, 1.82) is 0 Å². The van der Waals surface area contributed by atoms with Crippen LogP contribution in [0.5, 0.6) is 0 Å². The number of carbonyl (C=O) groups excluding carboxylic acids is 1. The fourth-order valence-electron chi connectivity index (χ4n) is 1.85. The van der Waals surface area contributed by atoms with E-state index in [1.54, 1.807) is 25.4 Å². The lowest BCUT2D eigenvalue weighted by atomic mass is 10.2. The third-order valence-corrected chi connectivity index (χ3v) is 3.81. The van der Waals surface area contributed by atoms with Gasteiger partial charge >= 0.3 is 0 Å². The fourth-order valence-corrected chi connectivity index (χ4v) is 2.54. The number of aromatic nitrogens is 1. The first-order valence-corrected chi connectivity index (χ1v) is 6.56. The number of rotatable bonds is 3. The number of amides is 1. The second-order valence-corrected chi connectivity index (χ2v) is 4.88. The van der Waals surface area contributed by atoms with Gasteiger partial charge in [-0.05, 0) is 6.92 Å². The van der Waals surface area contributed by atoms with Crippen LogP contribution in [-0.2, 0) is 9.53 Å². The first-order valence-electron chi connectivity index (χ1n) is 5.68. The molecule has 0 bridgehead atoms. The summed E-state index contributed by atoms with van der Waals surface area (Å²) < 4.78 is 5.05. The van der Waals surface area contributed by atoms with Crippen LogP contribution in [0.15, 0.2) is 11.6 Å². The number of anilines is 1. The summed E-state index contributed by atoms with van der Waals surface area (Å²) >= 11 is 1.64. The zero-order chi connectivity index (χ0) is 12.3. The molecule has 1 amide bonds. The van der Waals surface area contributed by atoms with Crippen molar-refractivity contribution >= 4 is 22.4 Å². The van der Waals surface area contributed by atoms with Gasteiger partial charge in [0.1, 0.15) is 6.10 Å². The molecular formula is C11H17N3O2S. The lowest BCUT2D eigenvalue weighted by Gasteiger charge is -2.35. The predicted molar refractivity (Wildman–Crippen MR) is 67.4 cm³/mol. The van der Waals surface area contributed by atoms with Gasteiger partial charge in [0.05, 0.1) is 0 Å². The average Bonchev–Trinajstić information content (AvgIpc) is 2.91. The monoisotopic (exact) mass is 255 g/mol. The Morgan fingerprint density at radius 1 is 1.47 bits per heavy atom. The van der Waals surface area contributed by atoms with Crippen molar-refractivity contribution in [2.45, 2.75) is 13.0 Å². The van der Waals surface area contributed by atoms with Gasteiger partial charge in [0.2, 0.25) is 0 Å². The Kier molecular flexibility index (Phi) is 3.96. The highest BCUT2D eigenvalue weighted by molar-refractivity contribution is 7.13. The summed E-state index contributed by atoms with van der Waals surface area (Å²) in [5.74, 6) is 0.0753. The van der Waals surface area contributed by atoms with Crippen molar-refractivity contribution in [3.63, 3.8) is 0 Å². The number of methoxy groups -OCH3 is 1. The molecule has 1 aliphatic heterocycles. The maximum absolute atomic E-state index is 11.9. The molecule has 2 rings (SSSR count). The van der Waals surface area contributed by atoms with Crippen LogP contribution >= 0.6 is 11.3 Å². The van der Waals surface area contributed by atoms with Gasteiger partial charge in [0.25, 0.3) is 5.91 Å². The molecule has 0 spiro atoms. The number of ether oxygens (including phenoxy) is 1. The van der Waals surface area contributed by atoms with E-state index in [2.05, 4.69) is 9.88 Å². The van der Waals surface area contributed by atoms with Crippen LogP contribution in [0, 0.1) is 0 Å². The van der Waals surface area contributed by atoms with Crippen LogP contribution < -0.4 is 4.90 Å². The Labute approximate surface area is 105 Å². The van der Waals surface area contributed by atoms with E-state index in [0.717, 1.165) is 31.3 Å². The first kappa shape index (κ1) is 12.3. The molecule has 0 radical (unpaired) electrons. The molecule has 0 N–H and O–H groups in total. The highest BCUT2D eigenvalue weighted by Gasteiger charge is 2.25. The van der Waals surface area contributed by atoms with E-state index in [1.807, 2.05) is 16.5 Å². The highest BCUT2D eigenvalue weighted by Crippen LogP contribution is 2.19. The van der Waals surface area contributed by atoms with Gasteiger partial charge in [-0.3, -0.25) is 4.79 Å². The van der Waals surface area contributed by atoms with Crippen LogP contribution in [0.3, 0.4) is 0 Å². The Hall–Kier alpha value is -1.14. The van der Waals surface area contributed by atoms with Crippen molar-refractivity contribution in [3.8, 4) is 0 Å². The zero-order valence-corrected chi connectivity index (χ0v) is 10.9. The third-order valence-electron chi connectivity index (χ3n) is 2.98. The van der Waals surface area contributed by atoms with Gasteiger partial charge in [0, 0.05) is 44.9 Å². The van der Waals surface area contributed by atoms with Gasteiger partial charge in [-0.1, -0.05) is 0 Å². The topological polar surface area (TPSA) is 45.7 Å². The number of thiazole rings is 1. The van der Waals surface area contributed by atoms with Gasteiger partial charge in [-0.15, -0.1) is 11.3 Å². The minimum atomic E-state index is -0.346. The maximum Gasteiger partial charge on any atom is 0.251 e. The molecule has 1 fully saturated rings. The Morgan fingerprint density at radius 2 is 2.18 bits per heavy atom. The molecule has 2 heterocycles. The number of nitrogens with zero attached hydrogens (tertiary/aromatic N) is 3. The molecule has 1 aliphatic rings. The van der Waals surface area contributed by atoms with E-state index in [1.165, 1.54) is 0 Å². The number of piperazine rings is 1. The second-order valence-electron chi connectivity index (χ2n) is 4.00. The molecule has 1 aromatic rings. The van der Waals surface area contributed by atoms with Crippen molar-refractivity contribution in [3.05, 3.63) is 11.6 Å². The lowest BCUT2D eigenvalue weighted by Crippen LogP contribution is -2.51. The van der Waals surface area contributed by atoms with Crippen molar-refractivity contribution in [2.24, 2.45) is 0 Å². The summed E-state index contributed by atoms with van der Waals surface area (Å²) in [4.78, 5) is 20.2. The molecule has 1 aromatic heterocycles. The quantitative estimate of drug-likeness (QED) is 0.802. The van der Waals surface area contributed by atoms with E-state index in [4.69, 9.17) is 4.74 Å². The minimum absolute atomic E-state index is 0.0753. The molecule has 6 heteroatoms. The van der Waals surface area contributed by atoms with Crippen LogP contribution in [0.2, 0.25) is 0 Å². The molecule has 0 aromatic carbocycles. The minimum Gasteiger partial charge on any atom is -0.372 e. The summed E-state index contributed by atoms with van der Waals surface area (Å²) in [6.45, 7) is 4.96. The summed E-state index contributed by atoms with van der Waals surface area (Å²) in [7, 11) is 1.56. The molecule has 1 unspecified atom stereocenters. The molecule has 0 aliphatic carbocycles. The molecule has 5 nitrogen and oxygen atoms in total. The van der Waals surface area contributed by atoms with E-state index in [0.29, 0.717) is 0 Å². The maximum atomic E-state index is 11.9. The number of hydrogen-bond donors (Lipinski definition) is 0. The molecule has 1 saturated heterocycles. The highest BCUT2D eigenvalue weighted by atomic mass is 32.1. The van der Waals surface area contributed by atoms with Gasteiger partial charge in [0.15, 0.2) is 5.13 Å². The largest absolute Gasteiger partial charge is 0.372 e. The van der Waals surface area contributed by atoms with Gasteiger partial charge in [-0.25, -0.2) is 4.98 Å². The normalized spacial score (nSPS) is 18.2. The SMILES string of the molecule is COC(C)C(=O)N1CCN(c2nccs2)CC1. The van der Waals surface area contributed by atoms with Crippen LogP contribution in [-0.4, -0.2) is 55.2 Å². The Bertz CT molecular complexity index is 361. The van der Waals surface area contributed by atoms with E-state index in [9.17, 15) is 4.79 Å². The van der Waals surface area contributed by atoms with Crippen LogP contribution in [0.4, 0.5) is 5.13 Å². The molecular weight excluding hydrogens is 238 g/mol. The summed E-state index contributed by atoms with van der Waals surface area (Å²) in [5.41, 5.74) is 0. The summed E-state index contributed by atoms with van der Waals surface area (Å²) in [5, 5.41) is 3.01. The van der Waals surface area contributed by atoms with Crippen molar-refractivity contribution < 1.29 is 9.53 Å². The first-order chi connectivity index (χ1) is 8.22. The van der Waals surface area contributed by atoms with Crippen molar-refractivity contribution in [2.75, 3.05) is 38.2 Å². The van der Waals surface area contributed by atoms with Crippen molar-refractivity contribution in [1.82, 2.24) is 9.88 Å². The Balaban J connectivity index is 1.88. The molecule has 17 heavy (non-hydrogen) atoms. The fraction of sp³-hybridized carbons (Fsp3) is 0.636. The molecule has 1 atom stereocenters. The van der Waals surface area contributed by atoms with Gasteiger partial charge < -0.3 is 14.5 Å². The van der Waals surface area contributed by atoms with Crippen LogP contribution in [0.1, 0.15) is 6.92 Å². The number of carbonyl (C=O) groups is 1. The smallest absolute Gasteiger partial charge is 0.251 e. The summed E-state index contributed by atoms with van der Waals surface area (Å²) in [6, 6.07) is 0. The lowest BCUT2D eigenvalue weighted by molar-refractivity contribution is -0.141. The van der Waals surface area contributed by atoms with E-state index < -0.39 is 0 Å². The molecule has 94 valence electrons. The summed E-state index contributed by atoms with van der Waals surface area (Å²) in [6.07, 6.45) is 1.46. The average molecular weight is 255 g/mol. The standard InChI is InChI=1S/C11H17N3O2S/c1-9(16-2)10(15)13-4-6-14(7-5-13)11-12-3-8-17-11/h3,8-9H,4-7H2,1-2H3. The van der Waals surface area contributed by atoms with E-state index in [-0.39, 0.29) is 12.0 Å².